The molecular formula is C28H26N10. The highest BCUT2D eigenvalue weighted by Crippen LogP contribution is 2.29. The van der Waals surface area contributed by atoms with Crippen LogP contribution in [0.15, 0.2) is 48.8 Å². The Morgan fingerprint density at radius 3 is 1.55 bits per heavy atom. The van der Waals surface area contributed by atoms with E-state index in [2.05, 4.69) is 76.9 Å². The van der Waals surface area contributed by atoms with Gasteiger partial charge in [0.1, 0.15) is 11.6 Å². The van der Waals surface area contributed by atoms with Crippen molar-refractivity contribution in [3.63, 3.8) is 0 Å². The van der Waals surface area contributed by atoms with Gasteiger partial charge in [-0.25, -0.2) is 29.9 Å². The summed E-state index contributed by atoms with van der Waals surface area (Å²) in [6.07, 6.45) is 8.09. The summed E-state index contributed by atoms with van der Waals surface area (Å²) in [6.45, 7) is 2.05. The fourth-order valence-electron chi connectivity index (χ4n) is 5.63. The maximum atomic E-state index is 4.83. The predicted octanol–water partition coefficient (Wildman–Crippen LogP) is 4.36. The van der Waals surface area contributed by atoms with Crippen LogP contribution in [-0.4, -0.2) is 53.0 Å². The van der Waals surface area contributed by atoms with E-state index in [4.69, 9.17) is 9.97 Å². The van der Waals surface area contributed by atoms with Gasteiger partial charge >= 0.3 is 0 Å². The minimum Gasteiger partial charge on any atom is -0.324 e. The van der Waals surface area contributed by atoms with Gasteiger partial charge in [-0.05, 0) is 61.7 Å². The quantitative estimate of drug-likeness (QED) is 0.280. The van der Waals surface area contributed by atoms with Gasteiger partial charge in [0.25, 0.3) is 0 Å². The van der Waals surface area contributed by atoms with Crippen molar-refractivity contribution >= 4 is 33.4 Å². The molecule has 0 saturated carbocycles. The second-order valence-electron chi connectivity index (χ2n) is 10.2. The molecule has 8 rings (SSSR count). The highest BCUT2D eigenvalue weighted by atomic mass is 15.1. The van der Waals surface area contributed by atoms with Crippen molar-refractivity contribution in [2.45, 2.75) is 37.8 Å². The van der Waals surface area contributed by atoms with Crippen LogP contribution < -0.4 is 10.6 Å². The lowest BCUT2D eigenvalue weighted by molar-refractivity contribution is 0.614. The first-order chi connectivity index (χ1) is 18.8. The number of H-pyrrole nitrogens is 2. The van der Waals surface area contributed by atoms with Crippen LogP contribution in [0.3, 0.4) is 0 Å². The third kappa shape index (κ3) is 3.72. The summed E-state index contributed by atoms with van der Waals surface area (Å²) in [5.74, 6) is 1.84. The standard InChI is InChI=1S/C28H26N10/c1-3-19(29-9-1)23-35-25-27(37-23)33-21(13-31-25)17-7-5-16-12-18(8-6-15(16)11-17)22-14-32-26-28(34-22)38-24(36-26)20-4-2-10-30-20/h5-8,11-14,19-20,29-30H,1-4,9-10H2,(H,31,33,35,37)(H,32,34,36,38)/t19-,20-/m0/s1. The molecule has 2 fully saturated rings. The molecule has 2 atom stereocenters. The van der Waals surface area contributed by atoms with Crippen molar-refractivity contribution < 1.29 is 0 Å². The summed E-state index contributed by atoms with van der Waals surface area (Å²) in [7, 11) is 0. The molecule has 0 amide bonds. The fourth-order valence-corrected chi connectivity index (χ4v) is 5.63. The number of hydrogen-bond donors (Lipinski definition) is 4. The van der Waals surface area contributed by atoms with E-state index < -0.39 is 0 Å². The first kappa shape index (κ1) is 21.8. The molecule has 2 aromatic carbocycles. The Hall–Kier alpha value is -4.28. The molecule has 2 aliphatic rings. The van der Waals surface area contributed by atoms with Crippen molar-refractivity contribution in [1.29, 1.82) is 0 Å². The Bertz CT molecular complexity index is 1670. The van der Waals surface area contributed by atoms with Gasteiger partial charge in [-0.2, -0.15) is 0 Å². The zero-order valence-corrected chi connectivity index (χ0v) is 20.7. The summed E-state index contributed by atoms with van der Waals surface area (Å²) >= 11 is 0. The molecule has 4 N–H and O–H groups in total. The number of nitrogens with zero attached hydrogens (tertiary/aromatic N) is 6. The maximum absolute atomic E-state index is 4.83. The van der Waals surface area contributed by atoms with Crippen LogP contribution in [0, 0.1) is 0 Å². The second-order valence-corrected chi connectivity index (χ2v) is 10.2. The number of imidazole rings is 2. The van der Waals surface area contributed by atoms with E-state index in [1.54, 1.807) is 12.4 Å². The van der Waals surface area contributed by atoms with Crippen molar-refractivity contribution in [1.82, 2.24) is 50.5 Å². The molecule has 0 bridgehead atoms. The van der Waals surface area contributed by atoms with Gasteiger partial charge in [0.2, 0.25) is 0 Å². The number of aromatic amines is 2. The molecule has 2 saturated heterocycles. The number of fused-ring (bicyclic) bond motifs is 3. The second kappa shape index (κ2) is 8.64. The fraction of sp³-hybridized carbons (Fsp3) is 0.286. The molecule has 6 aromatic rings. The van der Waals surface area contributed by atoms with E-state index in [-0.39, 0.29) is 12.1 Å². The topological polar surface area (TPSA) is 133 Å². The molecule has 0 unspecified atom stereocenters. The normalized spacial score (nSPS) is 19.8. The highest BCUT2D eigenvalue weighted by Gasteiger charge is 2.21. The third-order valence-corrected chi connectivity index (χ3v) is 7.66. The van der Waals surface area contributed by atoms with Gasteiger partial charge in [0.15, 0.2) is 22.6 Å². The summed E-state index contributed by atoms with van der Waals surface area (Å²) in [4.78, 5) is 34.8. The van der Waals surface area contributed by atoms with Gasteiger partial charge in [0, 0.05) is 11.1 Å². The molecule has 0 aliphatic carbocycles. The van der Waals surface area contributed by atoms with Crippen molar-refractivity contribution in [3.05, 3.63) is 60.4 Å². The molecule has 188 valence electrons. The molecule has 10 heteroatoms. The van der Waals surface area contributed by atoms with Crippen LogP contribution in [-0.2, 0) is 0 Å². The molecule has 38 heavy (non-hydrogen) atoms. The molecule has 4 aromatic heterocycles. The Morgan fingerprint density at radius 1 is 0.605 bits per heavy atom. The summed E-state index contributed by atoms with van der Waals surface area (Å²) in [5.41, 5.74) is 6.43. The molecule has 0 radical (unpaired) electrons. The van der Waals surface area contributed by atoms with E-state index in [0.29, 0.717) is 11.3 Å². The summed E-state index contributed by atoms with van der Waals surface area (Å²) in [6, 6.07) is 13.2. The number of benzene rings is 2. The Kier molecular flexibility index (Phi) is 4.95. The van der Waals surface area contributed by atoms with Gasteiger partial charge in [-0.3, -0.25) is 0 Å². The maximum Gasteiger partial charge on any atom is 0.197 e. The average Bonchev–Trinajstić information content (AvgIpc) is 3.77. The highest BCUT2D eigenvalue weighted by molar-refractivity contribution is 5.90. The van der Waals surface area contributed by atoms with Crippen LogP contribution in [0.25, 0.3) is 55.9 Å². The number of hydrogen-bond acceptors (Lipinski definition) is 8. The SMILES string of the molecule is c1cc2cc(-c3cnc4nc([C@@H]5CCCN5)[nH]c4n3)ccc2cc1-c1cnc2nc([C@@H]3CCCN3)[nH]c2n1. The number of rotatable bonds is 4. The third-order valence-electron chi connectivity index (χ3n) is 7.66. The monoisotopic (exact) mass is 502 g/mol. The van der Waals surface area contributed by atoms with Crippen molar-refractivity contribution in [2.75, 3.05) is 13.1 Å². The Balaban J connectivity index is 1.10. The molecule has 0 spiro atoms. The van der Waals surface area contributed by atoms with Gasteiger partial charge in [-0.1, -0.05) is 24.3 Å². The zero-order valence-electron chi connectivity index (χ0n) is 20.7. The minimum absolute atomic E-state index is 0.259. The smallest absolute Gasteiger partial charge is 0.197 e. The van der Waals surface area contributed by atoms with Gasteiger partial charge < -0.3 is 20.6 Å². The Morgan fingerprint density at radius 2 is 1.11 bits per heavy atom. The van der Waals surface area contributed by atoms with E-state index in [0.717, 1.165) is 95.0 Å². The van der Waals surface area contributed by atoms with Gasteiger partial charge in [-0.15, -0.1) is 0 Å². The summed E-state index contributed by atoms with van der Waals surface area (Å²) in [5, 5.41) is 9.19. The van der Waals surface area contributed by atoms with Crippen molar-refractivity contribution in [3.8, 4) is 22.5 Å². The largest absolute Gasteiger partial charge is 0.324 e. The average molecular weight is 503 g/mol. The lowest BCUT2D eigenvalue weighted by Gasteiger charge is -2.06. The van der Waals surface area contributed by atoms with Crippen LogP contribution in [0.1, 0.15) is 49.4 Å². The minimum atomic E-state index is 0.259. The number of aromatic nitrogens is 8. The van der Waals surface area contributed by atoms with Crippen LogP contribution >= 0.6 is 0 Å². The van der Waals surface area contributed by atoms with Crippen LogP contribution in [0.4, 0.5) is 0 Å². The molecule has 2 aliphatic heterocycles. The summed E-state index contributed by atoms with van der Waals surface area (Å²) < 4.78 is 0. The molecule has 10 nitrogen and oxygen atoms in total. The first-order valence-electron chi connectivity index (χ1n) is 13.2. The van der Waals surface area contributed by atoms with Crippen LogP contribution in [0.2, 0.25) is 0 Å². The van der Waals surface area contributed by atoms with Crippen molar-refractivity contribution in [2.24, 2.45) is 0 Å². The molecule has 6 heterocycles. The van der Waals surface area contributed by atoms with E-state index in [9.17, 15) is 0 Å². The first-order valence-corrected chi connectivity index (χ1v) is 13.2. The van der Waals surface area contributed by atoms with Gasteiger partial charge in [0.05, 0.1) is 35.9 Å². The van der Waals surface area contributed by atoms with E-state index in [1.807, 2.05) is 0 Å². The predicted molar refractivity (Wildman–Crippen MR) is 145 cm³/mol. The van der Waals surface area contributed by atoms with Crippen LogP contribution in [0.5, 0.6) is 0 Å². The molecular weight excluding hydrogens is 476 g/mol. The Labute approximate surface area is 217 Å². The lowest BCUT2D eigenvalue weighted by atomic mass is 10.0. The van der Waals surface area contributed by atoms with E-state index in [1.165, 1.54) is 0 Å². The van der Waals surface area contributed by atoms with E-state index >= 15 is 0 Å². The number of nitrogens with one attached hydrogen (secondary N) is 4. The lowest BCUT2D eigenvalue weighted by Crippen LogP contribution is -2.14. The zero-order chi connectivity index (χ0) is 25.1.